The first-order chi connectivity index (χ1) is 12.8. The van der Waals surface area contributed by atoms with Crippen LogP contribution in [0.4, 0.5) is 0 Å². The van der Waals surface area contributed by atoms with Gasteiger partial charge in [-0.25, -0.2) is 12.6 Å². The van der Waals surface area contributed by atoms with E-state index < -0.39 is 22.7 Å². The molecule has 0 bridgehead atoms. The SMILES string of the molecule is CCCCCCCCCCCCCCCCCC(OC(C)=O)OS(=O)(=O)[O-].[Na+]. The fraction of sp³-hybridized carbons (Fsp3) is 0.950. The Morgan fingerprint density at radius 2 is 1.14 bits per heavy atom. The van der Waals surface area contributed by atoms with E-state index in [-0.39, 0.29) is 36.0 Å². The average Bonchev–Trinajstić information content (AvgIpc) is 2.56. The molecule has 162 valence electrons. The van der Waals surface area contributed by atoms with E-state index in [1.807, 2.05) is 0 Å². The summed E-state index contributed by atoms with van der Waals surface area (Å²) in [4.78, 5) is 10.9. The maximum absolute atomic E-state index is 10.9. The molecule has 0 aliphatic carbocycles. The molecule has 8 heteroatoms. The predicted molar refractivity (Wildman–Crippen MR) is 106 cm³/mol. The topological polar surface area (TPSA) is 92.7 Å². The van der Waals surface area contributed by atoms with Crippen molar-refractivity contribution in [2.45, 2.75) is 123 Å². The number of hydrogen-bond donors (Lipinski definition) is 0. The summed E-state index contributed by atoms with van der Waals surface area (Å²) < 4.78 is 40.8. The standard InChI is InChI=1S/C20H40O6S.Na/c1-3-4-5-6-7-8-9-10-11-12-13-14-15-16-17-18-20(25-19(2)21)26-27(22,23)24;/h20H,3-18H2,1-2H3,(H,22,23,24);/q;+1/p-1. The van der Waals surface area contributed by atoms with Crippen molar-refractivity contribution in [2.75, 3.05) is 0 Å². The van der Waals surface area contributed by atoms with Gasteiger partial charge in [-0.2, -0.15) is 0 Å². The van der Waals surface area contributed by atoms with Gasteiger partial charge in [0, 0.05) is 13.3 Å². The van der Waals surface area contributed by atoms with Gasteiger partial charge < -0.3 is 9.29 Å². The van der Waals surface area contributed by atoms with Gasteiger partial charge in [-0.3, -0.25) is 4.79 Å². The van der Waals surface area contributed by atoms with E-state index in [0.717, 1.165) is 26.2 Å². The predicted octanol–water partition coefficient (Wildman–Crippen LogP) is 2.62. The maximum Gasteiger partial charge on any atom is 1.00 e. The van der Waals surface area contributed by atoms with Crippen LogP contribution >= 0.6 is 0 Å². The Kier molecular flexibility index (Phi) is 22.5. The summed E-state index contributed by atoms with van der Waals surface area (Å²) >= 11 is 0. The van der Waals surface area contributed by atoms with Gasteiger partial charge in [-0.05, 0) is 6.42 Å². The van der Waals surface area contributed by atoms with Crippen LogP contribution in [0.2, 0.25) is 0 Å². The van der Waals surface area contributed by atoms with Crippen molar-refractivity contribution in [1.82, 2.24) is 0 Å². The van der Waals surface area contributed by atoms with E-state index in [0.29, 0.717) is 6.42 Å². The van der Waals surface area contributed by atoms with Gasteiger partial charge in [0.1, 0.15) is 0 Å². The van der Waals surface area contributed by atoms with E-state index in [2.05, 4.69) is 11.1 Å². The molecular weight excluding hydrogens is 391 g/mol. The van der Waals surface area contributed by atoms with Crippen LogP contribution < -0.4 is 29.6 Å². The van der Waals surface area contributed by atoms with Gasteiger partial charge >= 0.3 is 35.5 Å². The maximum atomic E-state index is 10.9. The second kappa shape index (κ2) is 20.6. The van der Waals surface area contributed by atoms with Crippen molar-refractivity contribution in [3.8, 4) is 0 Å². The Labute approximate surface area is 194 Å². The quantitative estimate of drug-likeness (QED) is 0.0781. The van der Waals surface area contributed by atoms with Crippen LogP contribution in [0.1, 0.15) is 117 Å². The summed E-state index contributed by atoms with van der Waals surface area (Å²) in [5.74, 6) is -0.662. The van der Waals surface area contributed by atoms with Gasteiger partial charge in [-0.1, -0.05) is 96.8 Å². The van der Waals surface area contributed by atoms with Crippen LogP contribution in [0.3, 0.4) is 0 Å². The summed E-state index contributed by atoms with van der Waals surface area (Å²) in [6.45, 7) is 3.40. The summed E-state index contributed by atoms with van der Waals surface area (Å²) in [6, 6.07) is 0. The molecule has 0 heterocycles. The molecule has 0 rings (SSSR count). The zero-order chi connectivity index (χ0) is 20.4. The Balaban J connectivity index is 0. The summed E-state index contributed by atoms with van der Waals surface area (Å²) in [6.07, 6.45) is 17.4. The van der Waals surface area contributed by atoms with Gasteiger partial charge in [-0.15, -0.1) is 0 Å². The minimum absolute atomic E-state index is 0. The first kappa shape index (κ1) is 30.5. The molecular formula is C20H39NaO6S. The molecule has 6 nitrogen and oxygen atoms in total. The molecule has 0 saturated heterocycles. The molecule has 0 aromatic carbocycles. The van der Waals surface area contributed by atoms with Crippen LogP contribution in [0.25, 0.3) is 0 Å². The van der Waals surface area contributed by atoms with Crippen molar-refractivity contribution >= 4 is 16.4 Å². The molecule has 0 aromatic rings. The number of carbonyl (C=O) groups is 1. The minimum atomic E-state index is -4.87. The molecule has 1 unspecified atom stereocenters. The van der Waals surface area contributed by atoms with Crippen molar-refractivity contribution < 1.29 is 56.2 Å². The van der Waals surface area contributed by atoms with Crippen molar-refractivity contribution in [3.05, 3.63) is 0 Å². The van der Waals surface area contributed by atoms with E-state index in [1.165, 1.54) is 70.6 Å². The number of unbranched alkanes of at least 4 members (excludes halogenated alkanes) is 14. The summed E-state index contributed by atoms with van der Waals surface area (Å²) in [7, 11) is -4.87. The molecule has 28 heavy (non-hydrogen) atoms. The first-order valence-corrected chi connectivity index (χ1v) is 12.0. The monoisotopic (exact) mass is 430 g/mol. The van der Waals surface area contributed by atoms with Gasteiger partial charge in [0.25, 0.3) is 0 Å². The van der Waals surface area contributed by atoms with Crippen LogP contribution in [-0.2, 0) is 24.1 Å². The Bertz CT molecular complexity index is 456. The van der Waals surface area contributed by atoms with Crippen LogP contribution in [0.5, 0.6) is 0 Å². The zero-order valence-electron chi connectivity index (χ0n) is 18.2. The smallest absolute Gasteiger partial charge is 0.725 e. The molecule has 0 aromatic heterocycles. The van der Waals surface area contributed by atoms with E-state index in [9.17, 15) is 17.8 Å². The third-order valence-electron chi connectivity index (χ3n) is 4.57. The fourth-order valence-corrected chi connectivity index (χ4v) is 3.52. The van der Waals surface area contributed by atoms with Crippen molar-refractivity contribution in [3.63, 3.8) is 0 Å². The third kappa shape index (κ3) is 24.4. The summed E-state index contributed by atoms with van der Waals surface area (Å²) in [5, 5.41) is 0. The Hall–Kier alpha value is 0.340. The molecule has 0 radical (unpaired) electrons. The number of carbonyl (C=O) groups excluding carboxylic acids is 1. The largest absolute Gasteiger partial charge is 1.00 e. The average molecular weight is 431 g/mol. The third-order valence-corrected chi connectivity index (χ3v) is 5.02. The van der Waals surface area contributed by atoms with E-state index in [4.69, 9.17) is 4.74 Å². The number of rotatable bonds is 19. The number of ether oxygens (including phenoxy) is 1. The molecule has 0 aliphatic rings. The molecule has 0 fully saturated rings. The van der Waals surface area contributed by atoms with Gasteiger partial charge in [0.15, 0.2) is 0 Å². The normalized spacial score (nSPS) is 12.4. The van der Waals surface area contributed by atoms with Gasteiger partial charge in [0.05, 0.1) is 0 Å². The fourth-order valence-electron chi connectivity index (χ4n) is 3.13. The van der Waals surface area contributed by atoms with E-state index in [1.54, 1.807) is 0 Å². The second-order valence-electron chi connectivity index (χ2n) is 7.28. The minimum Gasteiger partial charge on any atom is -0.725 e. The Morgan fingerprint density at radius 3 is 1.46 bits per heavy atom. The molecule has 0 spiro atoms. The number of esters is 1. The van der Waals surface area contributed by atoms with E-state index >= 15 is 0 Å². The second-order valence-corrected chi connectivity index (χ2v) is 8.29. The van der Waals surface area contributed by atoms with Crippen LogP contribution in [0.15, 0.2) is 0 Å². The first-order valence-electron chi connectivity index (χ1n) is 10.7. The van der Waals surface area contributed by atoms with Crippen LogP contribution in [0, 0.1) is 0 Å². The van der Waals surface area contributed by atoms with Crippen LogP contribution in [-0.4, -0.2) is 25.2 Å². The molecule has 0 aliphatic heterocycles. The molecule has 0 saturated carbocycles. The Morgan fingerprint density at radius 1 is 0.786 bits per heavy atom. The van der Waals surface area contributed by atoms with Crippen molar-refractivity contribution in [1.29, 1.82) is 0 Å². The molecule has 0 amide bonds. The molecule has 0 N–H and O–H groups in total. The number of hydrogen-bond acceptors (Lipinski definition) is 6. The van der Waals surface area contributed by atoms with Gasteiger partial charge in [0.2, 0.25) is 16.7 Å². The molecule has 1 atom stereocenters. The van der Waals surface area contributed by atoms with Crippen molar-refractivity contribution in [2.24, 2.45) is 0 Å². The zero-order valence-corrected chi connectivity index (χ0v) is 21.1. The summed E-state index contributed by atoms with van der Waals surface area (Å²) in [5.41, 5.74) is 0.